The largest absolute Gasteiger partial charge is 2.00 e. The van der Waals surface area contributed by atoms with Crippen molar-refractivity contribution >= 4 is 130 Å². The number of alkyl halides is 1. The number of halogens is 2. The summed E-state index contributed by atoms with van der Waals surface area (Å²) in [5.41, 5.74) is 2.27. The Bertz CT molecular complexity index is 4860. The second kappa shape index (κ2) is 58.6. The van der Waals surface area contributed by atoms with Gasteiger partial charge in [-0.15, -0.1) is 4.98 Å². The third-order valence-corrected chi connectivity index (χ3v) is 27.7. The van der Waals surface area contributed by atoms with Gasteiger partial charge in [0.1, 0.15) is 35.5 Å². The summed E-state index contributed by atoms with van der Waals surface area (Å²) in [6, 6.07) is 139. The fourth-order valence-electron chi connectivity index (χ4n) is 11.7. The van der Waals surface area contributed by atoms with Crippen LogP contribution in [-0.2, 0) is 53.1 Å². The predicted molar refractivity (Wildman–Crippen MR) is 501 cm³/mol. The Balaban J connectivity index is 0.000000226. The van der Waals surface area contributed by atoms with Crippen molar-refractivity contribution in [3.8, 4) is 23.3 Å². The first-order valence-electron chi connectivity index (χ1n) is 38.2. The number of nitrogens with zero attached hydrogens (tertiary/aromatic N) is 7. The molecule has 4 heterocycles. The molecule has 4 aromatic heterocycles. The van der Waals surface area contributed by atoms with Crippen LogP contribution in [-0.4, -0.2) is 53.9 Å². The summed E-state index contributed by atoms with van der Waals surface area (Å²) in [6.07, 6.45) is 7.47. The number of carbonyl (C=O) groups is 2. The van der Waals surface area contributed by atoms with Gasteiger partial charge in [0.05, 0.1) is 46.3 Å². The number of hydrogen-bond donors (Lipinski definition) is 0. The maximum Gasteiger partial charge on any atom is 2.00 e. The standard InChI is InChI=1S/4C18H15P.C14H11N3O3.C13H11BrN2O3.CH3F.2CN.Pd.Zn/c4*1-4-10-16(11-5-1)19(17-12-6-2-7-13-17)18-14-8-3-9-15-18;1-15-14-10(4-3-5-16-14)9-20-12-7-17-13(19-2)6-11(12)8-18;1-18-12-5-10(7-17)11(6-16-12)19-8-9-3-2-4-15-13(9)14;3*1-2;;/h4*1-15H;3-8H,9H2,2H3;2-7H,8H2,1H3;1H3;;;;/q;;;;;;;2*-1;;+2/i;;;;;;1D;;;;. The monoisotopic (exact) mass is 1900 g/mol. The van der Waals surface area contributed by atoms with E-state index in [0.29, 0.717) is 63.7 Å². The molecule has 13 nitrogen and oxygen atoms in total. The molecule has 0 bridgehead atoms. The Morgan fingerprint density at radius 2 is 0.561 bits per heavy atom. The van der Waals surface area contributed by atoms with E-state index in [1.54, 1.807) is 24.5 Å². The number of pyridine rings is 4. The van der Waals surface area contributed by atoms with Crippen molar-refractivity contribution in [1.29, 1.82) is 10.5 Å². The molecular formula is C102H85BrFN7O6P4PdZn. The summed E-state index contributed by atoms with van der Waals surface area (Å²) in [5, 5.41) is 29.3. The first kappa shape index (κ1) is 97.8. The molecule has 610 valence electrons. The molecule has 0 saturated carbocycles. The summed E-state index contributed by atoms with van der Waals surface area (Å²) in [5.74, 6) is 1.73. The minimum atomic E-state index is -1.00. The number of aromatic nitrogens is 4. The van der Waals surface area contributed by atoms with Gasteiger partial charge in [-0.1, -0.05) is 383 Å². The van der Waals surface area contributed by atoms with Crippen LogP contribution in [0.4, 0.5) is 10.2 Å². The minimum Gasteiger partial charge on any atom is -0.512 e. The molecule has 21 heteroatoms. The van der Waals surface area contributed by atoms with E-state index >= 15 is 0 Å². The quantitative estimate of drug-likeness (QED) is 0.0207. The van der Waals surface area contributed by atoms with Crippen molar-refractivity contribution in [3.63, 3.8) is 0 Å². The zero-order valence-electron chi connectivity index (χ0n) is 68.3. The SMILES string of the molecule is COc1cc(C=O)c(OCc2cccnc2Br)cn1.[2H]CF.[C-]#N.[C-]#N.[C-]#[N+]c1ncccc1COc1cnc(OC)cc1C=O.[Pd].[Zn+2].c1ccc(P(c2ccccc2)c2ccccc2)cc1.c1ccc(P(c2ccccc2)c2ccccc2)cc1.c1ccc(P(c2ccccc2)c2ccccc2)cc1.c1ccc(P(c2ccccc2)c2ccccc2)cc1. The zero-order valence-corrected chi connectivity index (χ0v) is 77.0. The van der Waals surface area contributed by atoms with Crippen molar-refractivity contribution in [1.82, 2.24) is 19.9 Å². The van der Waals surface area contributed by atoms with Gasteiger partial charge in [-0.3, -0.25) is 14.0 Å². The van der Waals surface area contributed by atoms with Crippen LogP contribution in [0.2, 0.25) is 0 Å². The molecule has 0 aliphatic rings. The van der Waals surface area contributed by atoms with Crippen molar-refractivity contribution in [3.05, 3.63) is 477 Å². The van der Waals surface area contributed by atoms with Crippen LogP contribution >= 0.6 is 47.6 Å². The van der Waals surface area contributed by atoms with E-state index in [9.17, 15) is 14.0 Å². The summed E-state index contributed by atoms with van der Waals surface area (Å²) < 4.78 is 37.2. The topological polar surface area (TPSA) is 175 Å². The second-order valence-corrected chi connectivity index (χ2v) is 34.4. The summed E-state index contributed by atoms with van der Waals surface area (Å²) in [6.45, 7) is 17.0. The van der Waals surface area contributed by atoms with E-state index in [4.69, 9.17) is 50.6 Å². The molecule has 123 heavy (non-hydrogen) atoms. The maximum atomic E-state index is 11.0. The molecule has 12 aromatic carbocycles. The Morgan fingerprint density at radius 3 is 0.756 bits per heavy atom. The molecule has 0 saturated heterocycles. The van der Waals surface area contributed by atoms with E-state index in [1.165, 1.54) is 102 Å². The van der Waals surface area contributed by atoms with Gasteiger partial charge in [0.15, 0.2) is 12.6 Å². The van der Waals surface area contributed by atoms with Crippen LogP contribution in [0.5, 0.6) is 23.3 Å². The number of aldehydes is 2. The van der Waals surface area contributed by atoms with Gasteiger partial charge >= 0.3 is 19.5 Å². The van der Waals surface area contributed by atoms with E-state index in [0.717, 1.165) is 5.56 Å². The average Bonchev–Trinajstić information content (AvgIpc) is 0.828. The van der Waals surface area contributed by atoms with Crippen molar-refractivity contribution in [2.45, 2.75) is 13.2 Å². The van der Waals surface area contributed by atoms with Crippen LogP contribution in [0.25, 0.3) is 4.85 Å². The summed E-state index contributed by atoms with van der Waals surface area (Å²) in [4.78, 5) is 41.3. The van der Waals surface area contributed by atoms with Gasteiger partial charge in [0.2, 0.25) is 11.8 Å². The third kappa shape index (κ3) is 31.9. The smallest absolute Gasteiger partial charge is 0.512 e. The van der Waals surface area contributed by atoms with Crippen LogP contribution in [0.3, 0.4) is 0 Å². The molecule has 0 aliphatic heterocycles. The van der Waals surface area contributed by atoms with Gasteiger partial charge < -0.3 is 47.5 Å². The van der Waals surface area contributed by atoms with Gasteiger partial charge in [-0.05, 0) is 123 Å². The minimum absolute atomic E-state index is 0. The summed E-state index contributed by atoms with van der Waals surface area (Å²) >= 11 is 3.33. The Kier molecular flexibility index (Phi) is 46.6. The number of ether oxygens (including phenoxy) is 4. The van der Waals surface area contributed by atoms with Gasteiger partial charge in [-0.2, -0.15) is 0 Å². The summed E-state index contributed by atoms with van der Waals surface area (Å²) in [7, 11) is 0.174. The molecule has 0 fully saturated rings. The molecule has 0 N–H and O–H groups in total. The van der Waals surface area contributed by atoms with Crippen molar-refractivity contribution in [2.24, 2.45) is 0 Å². The fourth-order valence-corrected chi connectivity index (χ4v) is 21.3. The normalized spacial score (nSPS) is 9.83. The molecule has 0 radical (unpaired) electrons. The number of carbonyl (C=O) groups excluding carboxylic acids is 2. The second-order valence-electron chi connectivity index (χ2n) is 24.8. The molecular weight excluding hydrogens is 1810 g/mol. The molecule has 16 aromatic rings. The van der Waals surface area contributed by atoms with Crippen molar-refractivity contribution in [2.75, 3.05) is 21.4 Å². The van der Waals surface area contributed by atoms with Crippen LogP contribution < -0.4 is 82.6 Å². The van der Waals surface area contributed by atoms with Gasteiger partial charge in [-0.25, -0.2) is 15.0 Å². The number of benzene rings is 12. The van der Waals surface area contributed by atoms with E-state index in [-0.39, 0.29) is 52.3 Å². The number of hydrogen-bond acceptors (Lipinski definition) is 12. The fraction of sp³-hybridized carbons (Fsp3) is 0.0490. The molecule has 0 unspecified atom stereocenters. The Labute approximate surface area is 762 Å². The molecule has 0 aliphatic carbocycles. The Hall–Kier alpha value is -12.3. The number of methoxy groups -OCH3 is 2. The van der Waals surface area contributed by atoms with Crippen LogP contribution in [0.1, 0.15) is 33.2 Å². The Morgan fingerprint density at radius 1 is 0.358 bits per heavy atom. The van der Waals surface area contributed by atoms with Gasteiger partial charge in [0.25, 0.3) is 5.82 Å². The van der Waals surface area contributed by atoms with E-state index < -0.39 is 38.8 Å². The predicted octanol–water partition coefficient (Wildman–Crippen LogP) is 19.6. The van der Waals surface area contributed by atoms with Crippen LogP contribution in [0, 0.1) is 30.2 Å². The molecule has 0 spiro atoms. The number of rotatable bonds is 22. The van der Waals surface area contributed by atoms with E-state index in [1.807, 2.05) is 12.1 Å². The van der Waals surface area contributed by atoms with Gasteiger partial charge in [0, 0.05) is 49.9 Å². The van der Waals surface area contributed by atoms with Crippen molar-refractivity contribution < 1.29 is 74.2 Å². The van der Waals surface area contributed by atoms with E-state index in [2.05, 4.69) is 405 Å². The zero-order chi connectivity index (χ0) is 86.4. The van der Waals surface area contributed by atoms with Crippen LogP contribution in [0.15, 0.2) is 430 Å². The first-order chi connectivity index (χ1) is 60.2. The molecule has 0 atom stereocenters. The average molecular weight is 1900 g/mol. The first-order valence-corrected chi connectivity index (χ1v) is 43.7. The maximum absolute atomic E-state index is 11.0. The molecule has 0 amide bonds. The molecule has 16 rings (SSSR count). The third-order valence-electron chi connectivity index (χ3n) is 17.2.